The Hall–Kier alpha value is -3.18. The Morgan fingerprint density at radius 1 is 0.912 bits per heavy atom. The second-order valence-electron chi connectivity index (χ2n) is 9.90. The predicted octanol–water partition coefficient (Wildman–Crippen LogP) is 8.80. The van der Waals surface area contributed by atoms with Gasteiger partial charge < -0.3 is 0 Å². The number of rotatable bonds is 8. The first kappa shape index (κ1) is 24.0. The molecule has 0 N–H and O–H groups in total. The molecule has 3 aromatic rings. The molecule has 34 heavy (non-hydrogen) atoms. The Morgan fingerprint density at radius 2 is 1.62 bits per heavy atom. The highest BCUT2D eigenvalue weighted by atomic mass is 19.1. The third kappa shape index (κ3) is 6.67. The van der Waals surface area contributed by atoms with Crippen LogP contribution in [0.5, 0.6) is 0 Å². The Bertz CT molecular complexity index is 1120. The van der Waals surface area contributed by atoms with Crippen LogP contribution in [0.3, 0.4) is 0 Å². The van der Waals surface area contributed by atoms with Crippen molar-refractivity contribution in [2.45, 2.75) is 57.8 Å². The fourth-order valence-corrected chi connectivity index (χ4v) is 5.26. The lowest BCUT2D eigenvalue weighted by molar-refractivity contribution is 0.245. The normalized spacial score (nSPS) is 19.1. The summed E-state index contributed by atoms with van der Waals surface area (Å²) < 4.78 is 14.0. The summed E-state index contributed by atoms with van der Waals surface area (Å²) in [7, 11) is 0. The van der Waals surface area contributed by atoms with Crippen LogP contribution >= 0.6 is 0 Å². The maximum absolute atomic E-state index is 14.0. The van der Waals surface area contributed by atoms with Crippen molar-refractivity contribution in [2.75, 3.05) is 0 Å². The number of hydrogen-bond acceptors (Lipinski definition) is 1. The Balaban J connectivity index is 1.21. The summed E-state index contributed by atoms with van der Waals surface area (Å²) in [6.45, 7) is 2.38. The van der Waals surface area contributed by atoms with E-state index in [-0.39, 0.29) is 5.82 Å². The SMILES string of the molecule is C[C@@H](CC1CCC(CCc2ccc(C=Cc3ccc(C#N)cc3F)cc2)CC1)c1ccccc1. The van der Waals surface area contributed by atoms with E-state index in [1.165, 1.54) is 55.7 Å². The molecule has 3 aromatic carbocycles. The molecule has 174 valence electrons. The second-order valence-corrected chi connectivity index (χ2v) is 9.90. The average molecular weight is 452 g/mol. The topological polar surface area (TPSA) is 23.8 Å². The van der Waals surface area contributed by atoms with Gasteiger partial charge in [-0.2, -0.15) is 5.26 Å². The summed E-state index contributed by atoms with van der Waals surface area (Å²) in [6.07, 6.45) is 12.9. The molecule has 2 heteroatoms. The fourth-order valence-electron chi connectivity index (χ4n) is 5.26. The minimum atomic E-state index is -0.365. The zero-order valence-corrected chi connectivity index (χ0v) is 20.1. The van der Waals surface area contributed by atoms with Crippen molar-refractivity contribution >= 4 is 12.2 Å². The predicted molar refractivity (Wildman–Crippen MR) is 140 cm³/mol. The van der Waals surface area contributed by atoms with Crippen LogP contribution in [0.1, 0.15) is 79.2 Å². The number of nitriles is 1. The van der Waals surface area contributed by atoms with Crippen LogP contribution in [0.15, 0.2) is 72.8 Å². The van der Waals surface area contributed by atoms with Gasteiger partial charge in [-0.3, -0.25) is 0 Å². The molecule has 0 spiro atoms. The van der Waals surface area contributed by atoms with Crippen LogP contribution in [0, 0.1) is 29.0 Å². The molecule has 1 aliphatic rings. The zero-order chi connectivity index (χ0) is 23.8. The summed E-state index contributed by atoms with van der Waals surface area (Å²) in [5.74, 6) is 2.01. The number of benzene rings is 3. The van der Waals surface area contributed by atoms with Crippen molar-refractivity contribution < 1.29 is 4.39 Å². The summed E-state index contributed by atoms with van der Waals surface area (Å²) in [6, 6.07) is 26.1. The van der Waals surface area contributed by atoms with Gasteiger partial charge in [0.25, 0.3) is 0 Å². The molecule has 0 unspecified atom stereocenters. The smallest absolute Gasteiger partial charge is 0.131 e. The summed E-state index contributed by atoms with van der Waals surface area (Å²) in [5, 5.41) is 8.86. The van der Waals surface area contributed by atoms with Gasteiger partial charge in [0.1, 0.15) is 5.82 Å². The standard InChI is InChI=1S/C32H34FN/c1-24(30-5-3-2-4-6-30)21-28-15-13-26(14-16-28)8-7-25-9-11-27(12-10-25)17-19-31-20-18-29(23-34)22-32(31)33/h2-6,9-12,17-20,22,24,26,28H,7-8,13-16,21H2,1H3/t24-,26?,28?/m0/s1. The van der Waals surface area contributed by atoms with Crippen molar-refractivity contribution in [3.05, 3.63) is 106 Å². The highest BCUT2D eigenvalue weighted by Crippen LogP contribution is 2.37. The van der Waals surface area contributed by atoms with Crippen molar-refractivity contribution in [3.63, 3.8) is 0 Å². The van der Waals surface area contributed by atoms with E-state index in [1.54, 1.807) is 18.2 Å². The third-order valence-electron chi connectivity index (χ3n) is 7.43. The van der Waals surface area contributed by atoms with E-state index in [0.29, 0.717) is 17.0 Å². The van der Waals surface area contributed by atoms with Crippen molar-refractivity contribution in [1.29, 1.82) is 5.26 Å². The first-order valence-electron chi connectivity index (χ1n) is 12.6. The van der Waals surface area contributed by atoms with Crippen LogP contribution in [0.25, 0.3) is 12.2 Å². The van der Waals surface area contributed by atoms with E-state index in [0.717, 1.165) is 23.8 Å². The zero-order valence-electron chi connectivity index (χ0n) is 20.1. The fraction of sp³-hybridized carbons (Fsp3) is 0.344. The molecule has 0 saturated heterocycles. The second kappa shape index (κ2) is 11.8. The molecule has 0 heterocycles. The lowest BCUT2D eigenvalue weighted by Crippen LogP contribution is -2.16. The molecule has 0 amide bonds. The van der Waals surface area contributed by atoms with E-state index in [9.17, 15) is 4.39 Å². The molecule has 1 aliphatic carbocycles. The number of aryl methyl sites for hydroxylation is 1. The molecule has 1 saturated carbocycles. The van der Waals surface area contributed by atoms with Gasteiger partial charge in [-0.15, -0.1) is 0 Å². The summed E-state index contributed by atoms with van der Waals surface area (Å²) >= 11 is 0. The van der Waals surface area contributed by atoms with Gasteiger partial charge in [0.2, 0.25) is 0 Å². The number of hydrogen-bond donors (Lipinski definition) is 0. The molecule has 1 fully saturated rings. The van der Waals surface area contributed by atoms with E-state index >= 15 is 0 Å². The summed E-state index contributed by atoms with van der Waals surface area (Å²) in [4.78, 5) is 0. The highest BCUT2D eigenvalue weighted by Gasteiger charge is 2.23. The molecule has 4 rings (SSSR count). The molecule has 0 aromatic heterocycles. The molecule has 0 radical (unpaired) electrons. The first-order chi connectivity index (χ1) is 16.6. The van der Waals surface area contributed by atoms with Crippen molar-refractivity contribution in [3.8, 4) is 6.07 Å². The van der Waals surface area contributed by atoms with Crippen molar-refractivity contribution in [1.82, 2.24) is 0 Å². The largest absolute Gasteiger partial charge is 0.206 e. The van der Waals surface area contributed by atoms with E-state index in [4.69, 9.17) is 5.26 Å². The van der Waals surface area contributed by atoms with Gasteiger partial charge in [-0.1, -0.05) is 105 Å². The van der Waals surface area contributed by atoms with Gasteiger partial charge in [-0.25, -0.2) is 4.39 Å². The van der Waals surface area contributed by atoms with Crippen LogP contribution in [0.4, 0.5) is 4.39 Å². The first-order valence-corrected chi connectivity index (χ1v) is 12.6. The number of halogens is 1. The average Bonchev–Trinajstić information content (AvgIpc) is 2.88. The molecular weight excluding hydrogens is 417 g/mol. The minimum Gasteiger partial charge on any atom is -0.206 e. The molecular formula is C32H34FN. The molecule has 0 aliphatic heterocycles. The monoisotopic (exact) mass is 451 g/mol. The lowest BCUT2D eigenvalue weighted by atomic mass is 9.76. The van der Waals surface area contributed by atoms with E-state index in [1.807, 2.05) is 12.1 Å². The Morgan fingerprint density at radius 3 is 2.29 bits per heavy atom. The van der Waals surface area contributed by atoms with Gasteiger partial charge in [-0.05, 0) is 65.8 Å². The Labute approximate surface area is 204 Å². The van der Waals surface area contributed by atoms with Crippen molar-refractivity contribution in [2.24, 2.45) is 11.8 Å². The molecule has 1 nitrogen and oxygen atoms in total. The Kier molecular flexibility index (Phi) is 8.31. The van der Waals surface area contributed by atoms with Crippen LogP contribution < -0.4 is 0 Å². The minimum absolute atomic E-state index is 0.342. The van der Waals surface area contributed by atoms with Gasteiger partial charge in [0.15, 0.2) is 0 Å². The van der Waals surface area contributed by atoms with Gasteiger partial charge >= 0.3 is 0 Å². The van der Waals surface area contributed by atoms with E-state index in [2.05, 4.69) is 61.5 Å². The molecule has 0 bridgehead atoms. The van der Waals surface area contributed by atoms with Gasteiger partial charge in [0, 0.05) is 5.56 Å². The van der Waals surface area contributed by atoms with E-state index < -0.39 is 0 Å². The number of nitrogens with zero attached hydrogens (tertiary/aromatic N) is 1. The van der Waals surface area contributed by atoms with Crippen LogP contribution in [0.2, 0.25) is 0 Å². The van der Waals surface area contributed by atoms with Crippen LogP contribution in [-0.4, -0.2) is 0 Å². The summed E-state index contributed by atoms with van der Waals surface area (Å²) in [5.41, 5.74) is 4.75. The third-order valence-corrected chi connectivity index (χ3v) is 7.43. The van der Waals surface area contributed by atoms with Crippen LogP contribution in [-0.2, 0) is 6.42 Å². The highest BCUT2D eigenvalue weighted by molar-refractivity contribution is 5.70. The van der Waals surface area contributed by atoms with Gasteiger partial charge in [0.05, 0.1) is 11.6 Å². The molecule has 1 atom stereocenters. The maximum Gasteiger partial charge on any atom is 0.131 e. The quantitative estimate of drug-likeness (QED) is 0.314. The lowest BCUT2D eigenvalue weighted by Gasteiger charge is -2.30. The maximum atomic E-state index is 14.0.